The summed E-state index contributed by atoms with van der Waals surface area (Å²) in [5.74, 6) is 6.11. The molecule has 0 nitrogen and oxygen atoms in total. The fourth-order valence-electron chi connectivity index (χ4n) is 6.83. The monoisotopic (exact) mass is 386 g/mol. The first-order valence-corrected chi connectivity index (χ1v) is 13.5. The van der Waals surface area contributed by atoms with Crippen LogP contribution in [0.15, 0.2) is 12.2 Å². The Hall–Kier alpha value is -0.260. The molecule has 0 saturated heterocycles. The molecule has 3 aliphatic rings. The molecule has 0 radical (unpaired) electrons. The molecule has 0 unspecified atom stereocenters. The van der Waals surface area contributed by atoms with Crippen molar-refractivity contribution in [2.24, 2.45) is 35.5 Å². The first kappa shape index (κ1) is 22.4. The summed E-state index contributed by atoms with van der Waals surface area (Å²) in [4.78, 5) is 0. The van der Waals surface area contributed by atoms with E-state index < -0.39 is 0 Å². The number of hydrogen-bond donors (Lipinski definition) is 0. The van der Waals surface area contributed by atoms with Crippen molar-refractivity contribution in [3.05, 3.63) is 12.2 Å². The van der Waals surface area contributed by atoms with E-state index in [1.165, 1.54) is 89.9 Å². The van der Waals surface area contributed by atoms with Gasteiger partial charge >= 0.3 is 0 Å². The SMILES string of the molecule is CCCCCC1CCC(/C=C/C2CCC(C3CCC(CCC)CC3)CC2)CC1. The molecule has 0 aromatic carbocycles. The van der Waals surface area contributed by atoms with E-state index >= 15 is 0 Å². The lowest BCUT2D eigenvalue weighted by molar-refractivity contribution is 0.152. The van der Waals surface area contributed by atoms with Gasteiger partial charge in [0.15, 0.2) is 0 Å². The second kappa shape index (κ2) is 12.4. The average molecular weight is 387 g/mol. The van der Waals surface area contributed by atoms with Crippen molar-refractivity contribution in [1.82, 2.24) is 0 Å². The first-order valence-electron chi connectivity index (χ1n) is 13.5. The first-order chi connectivity index (χ1) is 13.8. The second-order valence-corrected chi connectivity index (χ2v) is 10.9. The maximum atomic E-state index is 2.66. The Bertz CT molecular complexity index is 411. The smallest absolute Gasteiger partial charge is 0.0233 e. The van der Waals surface area contributed by atoms with E-state index in [9.17, 15) is 0 Å². The van der Waals surface area contributed by atoms with Gasteiger partial charge in [-0.15, -0.1) is 0 Å². The molecule has 0 aromatic heterocycles. The van der Waals surface area contributed by atoms with Gasteiger partial charge in [-0.05, 0) is 99.7 Å². The Morgan fingerprint density at radius 1 is 0.500 bits per heavy atom. The third-order valence-corrected chi connectivity index (χ3v) is 8.83. The van der Waals surface area contributed by atoms with Gasteiger partial charge in [0.1, 0.15) is 0 Å². The second-order valence-electron chi connectivity index (χ2n) is 10.9. The number of unbranched alkanes of at least 4 members (excludes halogenated alkanes) is 2. The fourth-order valence-corrected chi connectivity index (χ4v) is 6.83. The van der Waals surface area contributed by atoms with Crippen molar-refractivity contribution in [2.45, 2.75) is 129 Å². The molecule has 3 fully saturated rings. The normalized spacial score (nSPS) is 37.4. The van der Waals surface area contributed by atoms with Gasteiger partial charge in [0.25, 0.3) is 0 Å². The van der Waals surface area contributed by atoms with Crippen molar-refractivity contribution >= 4 is 0 Å². The van der Waals surface area contributed by atoms with Gasteiger partial charge in [-0.2, -0.15) is 0 Å². The molecular weight excluding hydrogens is 336 g/mol. The molecule has 0 aromatic rings. The van der Waals surface area contributed by atoms with Crippen LogP contribution in [0.3, 0.4) is 0 Å². The zero-order chi connectivity index (χ0) is 19.6. The van der Waals surface area contributed by atoms with Crippen LogP contribution >= 0.6 is 0 Å². The van der Waals surface area contributed by atoms with Crippen molar-refractivity contribution in [3.63, 3.8) is 0 Å². The highest BCUT2D eigenvalue weighted by molar-refractivity contribution is 4.97. The van der Waals surface area contributed by atoms with Crippen LogP contribution in [-0.2, 0) is 0 Å². The van der Waals surface area contributed by atoms with Crippen molar-refractivity contribution < 1.29 is 0 Å². The zero-order valence-electron chi connectivity index (χ0n) is 19.3. The van der Waals surface area contributed by atoms with Gasteiger partial charge in [0.2, 0.25) is 0 Å². The van der Waals surface area contributed by atoms with Crippen molar-refractivity contribution in [3.8, 4) is 0 Å². The minimum atomic E-state index is 0.911. The summed E-state index contributed by atoms with van der Waals surface area (Å²) in [6, 6.07) is 0. The molecule has 0 N–H and O–H groups in total. The summed E-state index contributed by atoms with van der Waals surface area (Å²) in [5, 5.41) is 0. The Labute approximate surface area is 177 Å². The van der Waals surface area contributed by atoms with E-state index in [1.54, 1.807) is 25.7 Å². The standard InChI is InChI=1S/C28H50/c1-3-5-6-8-24-9-11-25(12-10-24)13-14-26-17-21-28(22-18-26)27-19-15-23(7-4-2)16-20-27/h13-14,23-28H,3-12,15-22H2,1-2H3/b14-13+. The van der Waals surface area contributed by atoms with E-state index in [1.807, 2.05) is 0 Å². The molecule has 28 heavy (non-hydrogen) atoms. The lowest BCUT2D eigenvalue weighted by Gasteiger charge is -2.37. The molecule has 0 bridgehead atoms. The Morgan fingerprint density at radius 2 is 0.964 bits per heavy atom. The maximum absolute atomic E-state index is 2.66. The predicted molar refractivity (Wildman–Crippen MR) is 125 cm³/mol. The maximum Gasteiger partial charge on any atom is -0.0233 e. The molecule has 3 aliphatic carbocycles. The van der Waals surface area contributed by atoms with E-state index in [-0.39, 0.29) is 0 Å². The molecule has 0 amide bonds. The Kier molecular flexibility index (Phi) is 9.96. The Morgan fingerprint density at radius 3 is 1.50 bits per heavy atom. The van der Waals surface area contributed by atoms with Gasteiger partial charge in [0, 0.05) is 0 Å². The van der Waals surface area contributed by atoms with E-state index in [2.05, 4.69) is 26.0 Å². The molecule has 0 heterocycles. The third kappa shape index (κ3) is 7.21. The van der Waals surface area contributed by atoms with Crippen LogP contribution in [0.4, 0.5) is 0 Å². The highest BCUT2D eigenvalue weighted by Crippen LogP contribution is 2.42. The largest absolute Gasteiger partial charge is 0.0851 e. The summed E-state index contributed by atoms with van der Waals surface area (Å²) < 4.78 is 0. The van der Waals surface area contributed by atoms with Gasteiger partial charge in [-0.25, -0.2) is 0 Å². The van der Waals surface area contributed by atoms with Gasteiger partial charge < -0.3 is 0 Å². The molecular formula is C28H50. The number of hydrogen-bond acceptors (Lipinski definition) is 0. The van der Waals surface area contributed by atoms with E-state index in [0.717, 1.165) is 35.5 Å². The quantitative estimate of drug-likeness (QED) is 0.273. The fraction of sp³-hybridized carbons (Fsp3) is 0.929. The molecule has 3 rings (SSSR count). The molecule has 0 heteroatoms. The van der Waals surface area contributed by atoms with Gasteiger partial charge in [-0.3, -0.25) is 0 Å². The van der Waals surface area contributed by atoms with Crippen LogP contribution in [0.5, 0.6) is 0 Å². The Balaban J connectivity index is 1.29. The third-order valence-electron chi connectivity index (χ3n) is 8.83. The summed E-state index contributed by atoms with van der Waals surface area (Å²) in [6.07, 6.45) is 32.2. The van der Waals surface area contributed by atoms with Crippen LogP contribution in [0, 0.1) is 35.5 Å². The summed E-state index contributed by atoms with van der Waals surface area (Å²) in [7, 11) is 0. The van der Waals surface area contributed by atoms with E-state index in [0.29, 0.717) is 0 Å². The lowest BCUT2D eigenvalue weighted by Crippen LogP contribution is -2.25. The molecule has 0 spiro atoms. The number of rotatable bonds is 9. The van der Waals surface area contributed by atoms with Crippen molar-refractivity contribution in [2.75, 3.05) is 0 Å². The molecule has 3 saturated carbocycles. The average Bonchev–Trinajstić information content (AvgIpc) is 2.75. The zero-order valence-corrected chi connectivity index (χ0v) is 19.3. The molecule has 0 atom stereocenters. The minimum absolute atomic E-state index is 0.911. The number of allylic oxidation sites excluding steroid dienone is 2. The van der Waals surface area contributed by atoms with Crippen LogP contribution in [0.2, 0.25) is 0 Å². The van der Waals surface area contributed by atoms with Gasteiger partial charge in [-0.1, -0.05) is 77.4 Å². The van der Waals surface area contributed by atoms with Crippen LogP contribution < -0.4 is 0 Å². The predicted octanol–water partition coefficient (Wildman–Crippen LogP) is 9.34. The highest BCUT2D eigenvalue weighted by Gasteiger charge is 2.30. The molecule has 162 valence electrons. The lowest BCUT2D eigenvalue weighted by atomic mass is 9.68. The summed E-state index contributed by atoms with van der Waals surface area (Å²) in [5.41, 5.74) is 0. The van der Waals surface area contributed by atoms with Gasteiger partial charge in [0.05, 0.1) is 0 Å². The summed E-state index contributed by atoms with van der Waals surface area (Å²) in [6.45, 7) is 4.69. The van der Waals surface area contributed by atoms with Crippen LogP contribution in [0.25, 0.3) is 0 Å². The summed E-state index contributed by atoms with van der Waals surface area (Å²) >= 11 is 0. The topological polar surface area (TPSA) is 0 Å². The van der Waals surface area contributed by atoms with Crippen LogP contribution in [-0.4, -0.2) is 0 Å². The van der Waals surface area contributed by atoms with Crippen molar-refractivity contribution in [1.29, 1.82) is 0 Å². The minimum Gasteiger partial charge on any atom is -0.0851 e. The molecule has 0 aliphatic heterocycles. The van der Waals surface area contributed by atoms with Crippen LogP contribution in [0.1, 0.15) is 129 Å². The highest BCUT2D eigenvalue weighted by atomic mass is 14.4. The van der Waals surface area contributed by atoms with E-state index in [4.69, 9.17) is 0 Å².